The van der Waals surface area contributed by atoms with Crippen LogP contribution in [-0.4, -0.2) is 29.4 Å². The Hall–Kier alpha value is -3.86. The van der Waals surface area contributed by atoms with Gasteiger partial charge in [-0.3, -0.25) is 23.6 Å². The van der Waals surface area contributed by atoms with Crippen molar-refractivity contribution >= 4 is 33.6 Å². The SMILES string of the molecule is Cn1c(=O)c2c(-c3ccncc3)n(Cc3cccc4ccccc34)nc2n(CSC(F)(F)F)c1=O. The molecule has 0 spiro atoms. The monoisotopic (exact) mass is 497 g/mol. The summed E-state index contributed by atoms with van der Waals surface area (Å²) in [6.45, 7) is 0.234. The van der Waals surface area contributed by atoms with Crippen molar-refractivity contribution < 1.29 is 13.2 Å². The van der Waals surface area contributed by atoms with E-state index in [1.54, 1.807) is 29.2 Å². The van der Waals surface area contributed by atoms with E-state index in [1.807, 2.05) is 42.5 Å². The van der Waals surface area contributed by atoms with Gasteiger partial charge in [-0.1, -0.05) is 42.5 Å². The average Bonchev–Trinajstić information content (AvgIpc) is 3.21. The summed E-state index contributed by atoms with van der Waals surface area (Å²) in [7, 11) is 1.25. The van der Waals surface area contributed by atoms with E-state index >= 15 is 0 Å². The molecule has 0 unspecified atom stereocenters. The Morgan fingerprint density at radius 2 is 1.69 bits per heavy atom. The molecule has 5 rings (SSSR count). The summed E-state index contributed by atoms with van der Waals surface area (Å²) in [5, 5.41) is 6.59. The first-order valence-electron chi connectivity index (χ1n) is 10.5. The smallest absolute Gasteiger partial charge is 0.268 e. The standard InChI is InChI=1S/C24H18F3N5O2S/c1-30-22(33)19-20(16-9-11-28-12-10-16)32(13-17-7-4-6-15-5-2-3-8-18(15)17)29-21(19)31(23(30)34)14-35-24(25,26)27/h2-12H,13-14H2,1H3. The zero-order valence-electron chi connectivity index (χ0n) is 18.4. The van der Waals surface area contributed by atoms with E-state index in [1.165, 1.54) is 7.05 Å². The second kappa shape index (κ2) is 8.73. The molecule has 3 aromatic heterocycles. The third kappa shape index (κ3) is 4.23. The van der Waals surface area contributed by atoms with Crippen LogP contribution in [-0.2, 0) is 19.5 Å². The van der Waals surface area contributed by atoms with Crippen molar-refractivity contribution in [3.8, 4) is 11.3 Å². The van der Waals surface area contributed by atoms with E-state index < -0.39 is 22.6 Å². The molecule has 0 aliphatic heterocycles. The highest BCUT2D eigenvalue weighted by Crippen LogP contribution is 2.33. The highest BCUT2D eigenvalue weighted by Gasteiger charge is 2.30. The lowest BCUT2D eigenvalue weighted by Gasteiger charge is -2.10. The second-order valence-corrected chi connectivity index (χ2v) is 8.88. The zero-order chi connectivity index (χ0) is 24.7. The lowest BCUT2D eigenvalue weighted by Crippen LogP contribution is -2.38. The fourth-order valence-corrected chi connectivity index (χ4v) is 4.63. The van der Waals surface area contributed by atoms with Gasteiger partial charge >= 0.3 is 11.2 Å². The van der Waals surface area contributed by atoms with E-state index in [9.17, 15) is 22.8 Å². The molecule has 0 aliphatic carbocycles. The van der Waals surface area contributed by atoms with Crippen LogP contribution in [0.4, 0.5) is 13.2 Å². The molecule has 0 radical (unpaired) electrons. The molecule has 0 atom stereocenters. The summed E-state index contributed by atoms with van der Waals surface area (Å²) in [5.74, 6) is -0.728. The van der Waals surface area contributed by atoms with Crippen molar-refractivity contribution in [2.45, 2.75) is 17.9 Å². The Morgan fingerprint density at radius 3 is 2.43 bits per heavy atom. The van der Waals surface area contributed by atoms with Crippen molar-refractivity contribution in [3.63, 3.8) is 0 Å². The van der Waals surface area contributed by atoms with E-state index in [4.69, 9.17) is 0 Å². The van der Waals surface area contributed by atoms with Crippen molar-refractivity contribution in [3.05, 3.63) is 93.4 Å². The van der Waals surface area contributed by atoms with E-state index in [-0.39, 0.29) is 29.3 Å². The largest absolute Gasteiger partial charge is 0.443 e. The van der Waals surface area contributed by atoms with Crippen LogP contribution in [0.25, 0.3) is 33.1 Å². The van der Waals surface area contributed by atoms with Crippen LogP contribution in [0, 0.1) is 0 Å². The van der Waals surface area contributed by atoms with Gasteiger partial charge in [-0.05, 0) is 40.2 Å². The van der Waals surface area contributed by atoms with Crippen LogP contribution in [0.1, 0.15) is 5.56 Å². The Kier molecular flexibility index (Phi) is 5.72. The van der Waals surface area contributed by atoms with Gasteiger partial charge in [0.1, 0.15) is 5.39 Å². The molecule has 7 nitrogen and oxygen atoms in total. The van der Waals surface area contributed by atoms with Gasteiger partial charge in [0.2, 0.25) is 0 Å². The van der Waals surface area contributed by atoms with Crippen molar-refractivity contribution in [1.82, 2.24) is 23.9 Å². The lowest BCUT2D eigenvalue weighted by molar-refractivity contribution is -0.0332. The van der Waals surface area contributed by atoms with Crippen LogP contribution >= 0.6 is 11.8 Å². The van der Waals surface area contributed by atoms with E-state index in [2.05, 4.69) is 10.1 Å². The molecule has 35 heavy (non-hydrogen) atoms. The Labute approximate surface area is 200 Å². The molecule has 0 N–H and O–H groups in total. The number of hydrogen-bond acceptors (Lipinski definition) is 5. The third-order valence-electron chi connectivity index (χ3n) is 5.74. The summed E-state index contributed by atoms with van der Waals surface area (Å²) in [5.41, 5.74) is -4.23. The quantitative estimate of drug-likeness (QED) is 0.361. The Balaban J connectivity index is 1.80. The highest BCUT2D eigenvalue weighted by molar-refractivity contribution is 7.99. The molecular weight excluding hydrogens is 479 g/mol. The Morgan fingerprint density at radius 1 is 0.971 bits per heavy atom. The zero-order valence-corrected chi connectivity index (χ0v) is 19.2. The minimum absolute atomic E-state index is 0.0707. The van der Waals surface area contributed by atoms with Gasteiger partial charge in [-0.25, -0.2) is 4.79 Å². The van der Waals surface area contributed by atoms with Gasteiger partial charge in [0.25, 0.3) is 5.56 Å². The third-order valence-corrected chi connectivity index (χ3v) is 6.45. The number of pyridine rings is 1. The molecule has 178 valence electrons. The molecule has 0 bridgehead atoms. The maximum Gasteiger partial charge on any atom is 0.443 e. The molecule has 0 saturated carbocycles. The molecular formula is C24H18F3N5O2S. The van der Waals surface area contributed by atoms with Crippen LogP contribution < -0.4 is 11.2 Å². The molecule has 3 heterocycles. The van der Waals surface area contributed by atoms with Crippen molar-refractivity contribution in [2.75, 3.05) is 0 Å². The minimum atomic E-state index is -4.56. The maximum absolute atomic E-state index is 13.2. The molecule has 11 heteroatoms. The van der Waals surface area contributed by atoms with E-state index in [0.717, 1.165) is 25.5 Å². The van der Waals surface area contributed by atoms with Crippen molar-refractivity contribution in [2.24, 2.45) is 7.05 Å². The fraction of sp³-hybridized carbons (Fsp3) is 0.167. The molecule has 0 aliphatic rings. The number of rotatable bonds is 5. The lowest BCUT2D eigenvalue weighted by atomic mass is 10.0. The summed E-state index contributed by atoms with van der Waals surface area (Å²) < 4.78 is 42.2. The number of alkyl halides is 3. The predicted octanol–water partition coefficient (Wildman–Crippen LogP) is 4.37. The van der Waals surface area contributed by atoms with Gasteiger partial charge in [0.15, 0.2) is 5.65 Å². The summed E-state index contributed by atoms with van der Waals surface area (Å²) in [4.78, 5) is 30.0. The van der Waals surface area contributed by atoms with Crippen LogP contribution in [0.15, 0.2) is 76.6 Å². The molecule has 2 aromatic carbocycles. The van der Waals surface area contributed by atoms with Gasteiger partial charge in [0.05, 0.1) is 18.1 Å². The van der Waals surface area contributed by atoms with Gasteiger partial charge in [0, 0.05) is 25.0 Å². The number of thioether (sulfide) groups is 1. The van der Waals surface area contributed by atoms with Crippen LogP contribution in [0.3, 0.4) is 0 Å². The van der Waals surface area contributed by atoms with Gasteiger partial charge in [-0.15, -0.1) is 0 Å². The fourth-order valence-electron chi connectivity index (χ4n) is 4.12. The normalized spacial score (nSPS) is 12.0. The number of nitrogens with zero attached hydrogens (tertiary/aromatic N) is 5. The number of aromatic nitrogens is 5. The predicted molar refractivity (Wildman–Crippen MR) is 129 cm³/mol. The van der Waals surface area contributed by atoms with Crippen LogP contribution in [0.5, 0.6) is 0 Å². The number of halogens is 3. The maximum atomic E-state index is 13.2. The van der Waals surface area contributed by atoms with Crippen molar-refractivity contribution in [1.29, 1.82) is 0 Å². The molecule has 0 fully saturated rings. The first-order valence-corrected chi connectivity index (χ1v) is 11.5. The second-order valence-electron chi connectivity index (χ2n) is 7.87. The van der Waals surface area contributed by atoms with Gasteiger partial charge < -0.3 is 0 Å². The number of benzene rings is 2. The first-order chi connectivity index (χ1) is 16.7. The van der Waals surface area contributed by atoms with Crippen LogP contribution in [0.2, 0.25) is 0 Å². The average molecular weight is 498 g/mol. The topological polar surface area (TPSA) is 74.7 Å². The summed E-state index contributed by atoms with van der Waals surface area (Å²) in [6, 6.07) is 17.0. The first kappa shape index (κ1) is 22.9. The number of hydrogen-bond donors (Lipinski definition) is 0. The Bertz CT molecular complexity index is 1670. The summed E-state index contributed by atoms with van der Waals surface area (Å²) in [6.07, 6.45) is 3.10. The molecule has 5 aromatic rings. The molecule has 0 amide bonds. The van der Waals surface area contributed by atoms with Gasteiger partial charge in [-0.2, -0.15) is 18.3 Å². The number of fused-ring (bicyclic) bond motifs is 2. The minimum Gasteiger partial charge on any atom is -0.268 e. The van der Waals surface area contributed by atoms with E-state index in [0.29, 0.717) is 11.3 Å². The highest BCUT2D eigenvalue weighted by atomic mass is 32.2. The summed E-state index contributed by atoms with van der Waals surface area (Å²) >= 11 is -0.365. The molecule has 0 saturated heterocycles.